The van der Waals surface area contributed by atoms with Crippen molar-refractivity contribution in [1.82, 2.24) is 14.7 Å². The van der Waals surface area contributed by atoms with E-state index in [0.717, 1.165) is 16.8 Å². The predicted octanol–water partition coefficient (Wildman–Crippen LogP) is 3.11. The topological polar surface area (TPSA) is 97.1 Å². The molecule has 1 aliphatic heterocycles. The van der Waals surface area contributed by atoms with Gasteiger partial charge in [0.1, 0.15) is 22.9 Å². The van der Waals surface area contributed by atoms with Crippen molar-refractivity contribution in [3.8, 4) is 11.4 Å². The number of carbonyl (C=O) groups is 1. The van der Waals surface area contributed by atoms with E-state index in [1.54, 1.807) is 39.5 Å². The fourth-order valence-electron chi connectivity index (χ4n) is 3.49. The molecular formula is C24H32F2N4O5. The zero-order chi connectivity index (χ0) is 26.0. The average Bonchev–Trinajstić information content (AvgIpc) is 2.72. The summed E-state index contributed by atoms with van der Waals surface area (Å²) in [5.41, 5.74) is -2.01. The van der Waals surface area contributed by atoms with Gasteiger partial charge in [0.25, 0.3) is 0 Å². The minimum Gasteiger partial charge on any atom is -0.486 e. The lowest BCUT2D eigenvalue weighted by molar-refractivity contribution is 0.0240. The number of anilines is 1. The monoisotopic (exact) mass is 494 g/mol. The molecule has 11 heteroatoms. The highest BCUT2D eigenvalue weighted by atomic mass is 19.1. The third kappa shape index (κ3) is 7.14. The van der Waals surface area contributed by atoms with Gasteiger partial charge in [0, 0.05) is 38.7 Å². The van der Waals surface area contributed by atoms with Crippen LogP contribution in [-0.2, 0) is 4.74 Å². The molecule has 0 saturated carbocycles. The standard InChI is InChI=1S/C24H32F2N4O5/c1-23(2,3)35-22(32)29-9-7-28(8-10-29)19-15-27-30(18-13-16(25)12-17(26)14-18)21(31)20(19)34-11-6-24(4,5)33/h12-15,33H,6-11H2,1-5H3. The Labute approximate surface area is 202 Å². The van der Waals surface area contributed by atoms with E-state index in [9.17, 15) is 23.5 Å². The van der Waals surface area contributed by atoms with Gasteiger partial charge in [-0.1, -0.05) is 0 Å². The van der Waals surface area contributed by atoms with E-state index in [0.29, 0.717) is 37.9 Å². The van der Waals surface area contributed by atoms with E-state index in [1.165, 1.54) is 6.20 Å². The first-order valence-electron chi connectivity index (χ1n) is 11.4. The van der Waals surface area contributed by atoms with Crippen molar-refractivity contribution in [2.45, 2.75) is 52.2 Å². The molecule has 1 fully saturated rings. The number of aromatic nitrogens is 2. The van der Waals surface area contributed by atoms with E-state index >= 15 is 0 Å². The van der Waals surface area contributed by atoms with Crippen molar-refractivity contribution in [2.75, 3.05) is 37.7 Å². The molecule has 0 atom stereocenters. The van der Waals surface area contributed by atoms with Crippen LogP contribution >= 0.6 is 0 Å². The molecule has 1 aromatic heterocycles. The fraction of sp³-hybridized carbons (Fsp3) is 0.542. The van der Waals surface area contributed by atoms with Gasteiger partial charge in [-0.05, 0) is 46.8 Å². The largest absolute Gasteiger partial charge is 0.486 e. The van der Waals surface area contributed by atoms with E-state index in [-0.39, 0.29) is 24.5 Å². The Hall–Kier alpha value is -3.21. The zero-order valence-corrected chi connectivity index (χ0v) is 20.7. The van der Waals surface area contributed by atoms with E-state index in [1.807, 2.05) is 4.90 Å². The molecule has 0 bridgehead atoms. The summed E-state index contributed by atoms with van der Waals surface area (Å²) in [4.78, 5) is 29.1. The zero-order valence-electron chi connectivity index (χ0n) is 20.7. The summed E-state index contributed by atoms with van der Waals surface area (Å²) >= 11 is 0. The smallest absolute Gasteiger partial charge is 0.410 e. The Balaban J connectivity index is 1.88. The molecule has 1 N–H and O–H groups in total. The summed E-state index contributed by atoms with van der Waals surface area (Å²) in [6, 6.07) is 2.70. The molecule has 2 heterocycles. The molecule has 2 aromatic rings. The Kier molecular flexibility index (Phi) is 7.68. The van der Waals surface area contributed by atoms with Gasteiger partial charge in [0.05, 0.1) is 24.1 Å². The second-order valence-corrected chi connectivity index (χ2v) is 10.1. The lowest BCUT2D eigenvalue weighted by Gasteiger charge is -2.37. The molecule has 0 radical (unpaired) electrons. The number of carbonyl (C=O) groups excluding carboxylic acids is 1. The van der Waals surface area contributed by atoms with Crippen molar-refractivity contribution < 1.29 is 28.2 Å². The minimum atomic E-state index is -1.02. The molecule has 0 spiro atoms. The highest BCUT2D eigenvalue weighted by Gasteiger charge is 2.28. The molecule has 0 unspecified atom stereocenters. The number of aliphatic hydroxyl groups is 1. The molecule has 192 valence electrons. The summed E-state index contributed by atoms with van der Waals surface area (Å²) < 4.78 is 39.6. The third-order valence-electron chi connectivity index (χ3n) is 5.24. The van der Waals surface area contributed by atoms with Gasteiger partial charge in [-0.25, -0.2) is 13.6 Å². The summed E-state index contributed by atoms with van der Waals surface area (Å²) in [6.45, 7) is 10.1. The molecule has 3 rings (SSSR count). The number of ether oxygens (including phenoxy) is 2. The van der Waals surface area contributed by atoms with Crippen molar-refractivity contribution >= 4 is 11.8 Å². The maximum absolute atomic E-state index is 13.8. The van der Waals surface area contributed by atoms with Crippen LogP contribution in [0.1, 0.15) is 41.0 Å². The van der Waals surface area contributed by atoms with Crippen molar-refractivity contribution in [2.24, 2.45) is 0 Å². The van der Waals surface area contributed by atoms with Crippen molar-refractivity contribution in [3.63, 3.8) is 0 Å². The summed E-state index contributed by atoms with van der Waals surface area (Å²) in [5, 5.41) is 14.1. The van der Waals surface area contributed by atoms with Crippen LogP contribution in [0, 0.1) is 11.6 Å². The normalized spacial score (nSPS) is 14.7. The third-order valence-corrected chi connectivity index (χ3v) is 5.24. The molecule has 35 heavy (non-hydrogen) atoms. The molecule has 1 saturated heterocycles. The highest BCUT2D eigenvalue weighted by Crippen LogP contribution is 2.27. The maximum atomic E-state index is 13.8. The van der Waals surface area contributed by atoms with Crippen LogP contribution < -0.4 is 15.2 Å². The molecular weight excluding hydrogens is 462 g/mol. The number of rotatable bonds is 6. The first-order valence-corrected chi connectivity index (χ1v) is 11.4. The quantitative estimate of drug-likeness (QED) is 0.659. The van der Waals surface area contributed by atoms with Gasteiger partial charge in [0.15, 0.2) is 0 Å². The van der Waals surface area contributed by atoms with Crippen LogP contribution in [-0.4, -0.2) is 69.9 Å². The number of halogens is 2. The van der Waals surface area contributed by atoms with Gasteiger partial charge in [-0.2, -0.15) is 9.78 Å². The van der Waals surface area contributed by atoms with Gasteiger partial charge in [-0.15, -0.1) is 0 Å². The van der Waals surface area contributed by atoms with Crippen LogP contribution in [0.2, 0.25) is 0 Å². The summed E-state index contributed by atoms with van der Waals surface area (Å²) in [7, 11) is 0. The van der Waals surface area contributed by atoms with Crippen molar-refractivity contribution in [3.05, 3.63) is 46.4 Å². The van der Waals surface area contributed by atoms with Gasteiger partial charge in [0.2, 0.25) is 5.75 Å². The van der Waals surface area contributed by atoms with Gasteiger partial charge >= 0.3 is 11.7 Å². The molecule has 0 aliphatic carbocycles. The Morgan fingerprint density at radius 2 is 1.66 bits per heavy atom. The Morgan fingerprint density at radius 1 is 1.06 bits per heavy atom. The number of hydrogen-bond donors (Lipinski definition) is 1. The lowest BCUT2D eigenvalue weighted by Crippen LogP contribution is -2.50. The highest BCUT2D eigenvalue weighted by molar-refractivity contribution is 5.69. The second kappa shape index (κ2) is 10.2. The average molecular weight is 495 g/mol. The van der Waals surface area contributed by atoms with Gasteiger partial charge in [-0.3, -0.25) is 4.79 Å². The van der Waals surface area contributed by atoms with Crippen LogP contribution in [0.15, 0.2) is 29.2 Å². The number of amides is 1. The maximum Gasteiger partial charge on any atom is 0.410 e. The summed E-state index contributed by atoms with van der Waals surface area (Å²) in [6.07, 6.45) is 1.22. The number of nitrogens with zero attached hydrogens (tertiary/aromatic N) is 4. The van der Waals surface area contributed by atoms with Crippen molar-refractivity contribution in [1.29, 1.82) is 0 Å². The predicted molar refractivity (Wildman–Crippen MR) is 126 cm³/mol. The van der Waals surface area contributed by atoms with E-state index < -0.39 is 34.5 Å². The Bertz CT molecular complexity index is 1100. The first-order chi connectivity index (χ1) is 16.2. The van der Waals surface area contributed by atoms with Crippen LogP contribution in [0.25, 0.3) is 5.69 Å². The number of hydrogen-bond acceptors (Lipinski definition) is 7. The van der Waals surface area contributed by atoms with E-state index in [4.69, 9.17) is 9.47 Å². The molecule has 1 aliphatic rings. The molecule has 1 aromatic carbocycles. The Morgan fingerprint density at radius 3 is 2.20 bits per heavy atom. The van der Waals surface area contributed by atoms with Crippen LogP contribution in [0.3, 0.4) is 0 Å². The number of piperazine rings is 1. The van der Waals surface area contributed by atoms with Gasteiger partial charge < -0.3 is 24.4 Å². The number of benzene rings is 1. The lowest BCUT2D eigenvalue weighted by atomic mass is 10.1. The first kappa shape index (κ1) is 26.4. The fourth-order valence-corrected chi connectivity index (χ4v) is 3.49. The molecule has 1 amide bonds. The SMILES string of the molecule is CC(C)(O)CCOc1c(N2CCN(C(=O)OC(C)(C)C)CC2)cnn(-c2cc(F)cc(F)c2)c1=O. The second-order valence-electron chi connectivity index (χ2n) is 10.1. The molecule has 9 nitrogen and oxygen atoms in total. The summed E-state index contributed by atoms with van der Waals surface area (Å²) in [5.74, 6) is -1.75. The van der Waals surface area contributed by atoms with Crippen LogP contribution in [0.4, 0.5) is 19.3 Å². The van der Waals surface area contributed by atoms with E-state index in [2.05, 4.69) is 5.10 Å². The van der Waals surface area contributed by atoms with Crippen LogP contribution in [0.5, 0.6) is 5.75 Å². The minimum absolute atomic E-state index is 0.0329.